The minimum atomic E-state index is -1.00. The van der Waals surface area contributed by atoms with Crippen LogP contribution < -0.4 is 5.73 Å². The van der Waals surface area contributed by atoms with Crippen LogP contribution in [0.2, 0.25) is 0 Å². The van der Waals surface area contributed by atoms with Gasteiger partial charge in [-0.3, -0.25) is 0 Å². The van der Waals surface area contributed by atoms with E-state index in [0.29, 0.717) is 22.4 Å². The first kappa shape index (κ1) is 15.0. The molecule has 0 radical (unpaired) electrons. The highest BCUT2D eigenvalue weighted by Gasteiger charge is 2.17. The Morgan fingerprint density at radius 2 is 1.85 bits per heavy atom. The molecule has 0 amide bonds. The van der Waals surface area contributed by atoms with Crippen LogP contribution in [0.15, 0.2) is 40.9 Å². The van der Waals surface area contributed by atoms with E-state index >= 15 is 0 Å². The van der Waals surface area contributed by atoms with Gasteiger partial charge in [0.2, 0.25) is 0 Å². The number of halogens is 2. The number of rotatable bonds is 4. The van der Waals surface area contributed by atoms with Gasteiger partial charge >= 0.3 is 0 Å². The third-order valence-corrected chi connectivity index (χ3v) is 3.65. The van der Waals surface area contributed by atoms with E-state index in [-0.39, 0.29) is 13.0 Å². The number of aliphatic hydroxyl groups is 2. The third-order valence-electron chi connectivity index (χ3n) is 3.12. The molecule has 0 fully saturated rings. The zero-order valence-electron chi connectivity index (χ0n) is 10.7. The predicted molar refractivity (Wildman–Crippen MR) is 79.8 cm³/mol. The number of nitrogens with two attached hydrogens (primary N) is 1. The molecule has 0 heterocycles. The summed E-state index contributed by atoms with van der Waals surface area (Å²) >= 11 is 3.31. The van der Waals surface area contributed by atoms with Crippen molar-refractivity contribution in [2.24, 2.45) is 0 Å². The molecule has 3 nitrogen and oxygen atoms in total. The molecule has 1 unspecified atom stereocenters. The molecule has 5 heteroatoms. The van der Waals surface area contributed by atoms with Crippen molar-refractivity contribution in [2.45, 2.75) is 12.5 Å². The van der Waals surface area contributed by atoms with Crippen LogP contribution in [-0.4, -0.2) is 16.8 Å². The van der Waals surface area contributed by atoms with Gasteiger partial charge in [0.25, 0.3) is 0 Å². The molecular formula is C15H15BrFNO2. The standard InChI is InChI=1S/C15H15BrFNO2/c16-11-3-1-9(2-4-11)15(20)13-8-12(17)7-10(5-6-19)14(13)18/h1-4,7-8,15,19-20H,5-6,18H2. The van der Waals surface area contributed by atoms with Crippen LogP contribution in [0.5, 0.6) is 0 Å². The molecule has 0 aliphatic rings. The van der Waals surface area contributed by atoms with Crippen LogP contribution in [0.1, 0.15) is 22.8 Å². The fourth-order valence-corrected chi connectivity index (χ4v) is 2.34. The number of nitrogen functional groups attached to an aromatic ring is 1. The molecule has 2 aromatic rings. The van der Waals surface area contributed by atoms with Gasteiger partial charge in [-0.05, 0) is 41.8 Å². The lowest BCUT2D eigenvalue weighted by Gasteiger charge is -2.17. The number of hydrogen-bond donors (Lipinski definition) is 3. The first-order valence-electron chi connectivity index (χ1n) is 6.15. The van der Waals surface area contributed by atoms with Crippen molar-refractivity contribution in [3.8, 4) is 0 Å². The summed E-state index contributed by atoms with van der Waals surface area (Å²) < 4.78 is 14.5. The first-order chi connectivity index (χ1) is 9.52. The molecule has 20 heavy (non-hydrogen) atoms. The summed E-state index contributed by atoms with van der Waals surface area (Å²) in [7, 11) is 0. The maximum absolute atomic E-state index is 13.6. The third kappa shape index (κ3) is 3.17. The molecule has 2 rings (SSSR count). The summed E-state index contributed by atoms with van der Waals surface area (Å²) in [4.78, 5) is 0. The Kier molecular flexibility index (Phi) is 4.75. The number of aliphatic hydroxyl groups excluding tert-OH is 2. The van der Waals surface area contributed by atoms with E-state index in [0.717, 1.165) is 4.47 Å². The maximum Gasteiger partial charge on any atom is 0.124 e. The minimum Gasteiger partial charge on any atom is -0.398 e. The van der Waals surface area contributed by atoms with E-state index in [2.05, 4.69) is 15.9 Å². The predicted octanol–water partition coefficient (Wildman–Crippen LogP) is 2.79. The molecule has 0 aromatic heterocycles. The summed E-state index contributed by atoms with van der Waals surface area (Å²) in [5, 5.41) is 19.3. The van der Waals surface area contributed by atoms with Crippen molar-refractivity contribution in [3.05, 3.63) is 63.4 Å². The van der Waals surface area contributed by atoms with Crippen molar-refractivity contribution in [2.75, 3.05) is 12.3 Å². The summed E-state index contributed by atoms with van der Waals surface area (Å²) in [6.45, 7) is -0.124. The molecule has 0 spiro atoms. The van der Waals surface area contributed by atoms with Crippen LogP contribution in [-0.2, 0) is 6.42 Å². The number of benzene rings is 2. The molecule has 0 aliphatic heterocycles. The van der Waals surface area contributed by atoms with Gasteiger partial charge in [-0.2, -0.15) is 0 Å². The topological polar surface area (TPSA) is 66.5 Å². The highest BCUT2D eigenvalue weighted by atomic mass is 79.9. The lowest BCUT2D eigenvalue weighted by molar-refractivity contribution is 0.220. The van der Waals surface area contributed by atoms with Gasteiger partial charge in [0.15, 0.2) is 0 Å². The molecule has 0 saturated carbocycles. The number of anilines is 1. The molecule has 0 bridgehead atoms. The summed E-state index contributed by atoms with van der Waals surface area (Å²) in [6, 6.07) is 9.58. The van der Waals surface area contributed by atoms with E-state index in [9.17, 15) is 9.50 Å². The molecule has 2 aromatic carbocycles. The monoisotopic (exact) mass is 339 g/mol. The maximum atomic E-state index is 13.6. The SMILES string of the molecule is Nc1c(CCO)cc(F)cc1C(O)c1ccc(Br)cc1. The highest BCUT2D eigenvalue weighted by Crippen LogP contribution is 2.30. The Morgan fingerprint density at radius 1 is 1.20 bits per heavy atom. The Morgan fingerprint density at radius 3 is 2.45 bits per heavy atom. The smallest absolute Gasteiger partial charge is 0.124 e. The molecule has 1 atom stereocenters. The Balaban J connectivity index is 2.43. The average Bonchev–Trinajstić information content (AvgIpc) is 2.43. The molecule has 4 N–H and O–H groups in total. The van der Waals surface area contributed by atoms with Gasteiger partial charge in [-0.15, -0.1) is 0 Å². The second kappa shape index (κ2) is 6.35. The van der Waals surface area contributed by atoms with Gasteiger partial charge < -0.3 is 15.9 Å². The lowest BCUT2D eigenvalue weighted by atomic mass is 9.96. The van der Waals surface area contributed by atoms with Crippen molar-refractivity contribution in [1.82, 2.24) is 0 Å². The second-order valence-electron chi connectivity index (χ2n) is 4.50. The van der Waals surface area contributed by atoms with Crippen LogP contribution in [0, 0.1) is 5.82 Å². The van der Waals surface area contributed by atoms with Gasteiger partial charge in [0.1, 0.15) is 11.9 Å². The van der Waals surface area contributed by atoms with Crippen LogP contribution in [0.4, 0.5) is 10.1 Å². The first-order valence-corrected chi connectivity index (χ1v) is 6.94. The largest absolute Gasteiger partial charge is 0.398 e. The van der Waals surface area contributed by atoms with Crippen LogP contribution in [0.3, 0.4) is 0 Å². The van der Waals surface area contributed by atoms with E-state index in [1.54, 1.807) is 24.3 Å². The summed E-state index contributed by atoms with van der Waals surface area (Å²) in [5.41, 5.74) is 7.71. The van der Waals surface area contributed by atoms with Crippen molar-refractivity contribution in [3.63, 3.8) is 0 Å². The molecule has 0 saturated heterocycles. The van der Waals surface area contributed by atoms with E-state index in [4.69, 9.17) is 10.8 Å². The normalized spacial score (nSPS) is 12.4. The summed E-state index contributed by atoms with van der Waals surface area (Å²) in [6.07, 6.45) is -0.750. The van der Waals surface area contributed by atoms with Gasteiger partial charge in [-0.25, -0.2) is 4.39 Å². The van der Waals surface area contributed by atoms with Crippen molar-refractivity contribution in [1.29, 1.82) is 0 Å². The van der Waals surface area contributed by atoms with Gasteiger partial charge in [0.05, 0.1) is 0 Å². The summed E-state index contributed by atoms with van der Waals surface area (Å²) in [5.74, 6) is -0.478. The lowest BCUT2D eigenvalue weighted by Crippen LogP contribution is -2.08. The van der Waals surface area contributed by atoms with E-state index in [1.165, 1.54) is 12.1 Å². The second-order valence-corrected chi connectivity index (χ2v) is 5.41. The zero-order chi connectivity index (χ0) is 14.7. The molecule has 106 valence electrons. The zero-order valence-corrected chi connectivity index (χ0v) is 12.3. The number of hydrogen-bond acceptors (Lipinski definition) is 3. The fraction of sp³-hybridized carbons (Fsp3) is 0.200. The Labute approximate surface area is 125 Å². The van der Waals surface area contributed by atoms with Gasteiger partial charge in [-0.1, -0.05) is 28.1 Å². The van der Waals surface area contributed by atoms with Gasteiger partial charge in [0, 0.05) is 22.3 Å². The Hall–Kier alpha value is -1.43. The molecule has 0 aliphatic carbocycles. The van der Waals surface area contributed by atoms with E-state index in [1.807, 2.05) is 0 Å². The minimum absolute atomic E-state index is 0.124. The van der Waals surface area contributed by atoms with Crippen LogP contribution in [0.25, 0.3) is 0 Å². The van der Waals surface area contributed by atoms with Crippen LogP contribution >= 0.6 is 15.9 Å². The average molecular weight is 340 g/mol. The molecular weight excluding hydrogens is 325 g/mol. The quantitative estimate of drug-likeness (QED) is 0.750. The van der Waals surface area contributed by atoms with Crippen molar-refractivity contribution < 1.29 is 14.6 Å². The van der Waals surface area contributed by atoms with Crippen molar-refractivity contribution >= 4 is 21.6 Å². The fourth-order valence-electron chi connectivity index (χ4n) is 2.08. The highest BCUT2D eigenvalue weighted by molar-refractivity contribution is 9.10. The Bertz CT molecular complexity index is 602. The van der Waals surface area contributed by atoms with E-state index < -0.39 is 11.9 Å².